The molecule has 0 aliphatic carbocycles. The van der Waals surface area contributed by atoms with E-state index >= 15 is 0 Å². The van der Waals surface area contributed by atoms with Crippen LogP contribution in [0.3, 0.4) is 0 Å². The van der Waals surface area contributed by atoms with E-state index in [0.29, 0.717) is 0 Å². The molecular weight excluding hydrogens is 561 g/mol. The van der Waals surface area contributed by atoms with E-state index in [9.17, 15) is 0 Å². The van der Waals surface area contributed by atoms with Gasteiger partial charge in [-0.15, -0.1) is 0 Å². The molecule has 0 fully saturated rings. The standard InChI is InChI=1S/C19H14N5.3C4H9.Sn/c1-2-12-24-14-18(22-19(24)3-1)16-4-6-17(7-5-16)23-21-13-15-8-10-20-11-9-15;3*1-3-4-2;/h1,3-14,23H;3*1,3-4H2,2H3;. The third-order valence-electron chi connectivity index (χ3n) is 7.38. The maximum absolute atomic E-state index is 4.95. The summed E-state index contributed by atoms with van der Waals surface area (Å²) in [6.07, 6.45) is 18.0. The minimum atomic E-state index is -2.47. The van der Waals surface area contributed by atoms with Gasteiger partial charge in [0, 0.05) is 12.4 Å². The number of nitrogens with one attached hydrogen (secondary N) is 1. The normalized spacial score (nSPS) is 12.0. The summed E-state index contributed by atoms with van der Waals surface area (Å²) < 4.78 is 8.42. The quantitative estimate of drug-likeness (QED) is 0.0908. The molecule has 5 nitrogen and oxygen atoms in total. The van der Waals surface area contributed by atoms with Gasteiger partial charge >= 0.3 is 192 Å². The minimum absolute atomic E-state index is 0.946. The first-order valence-electron chi connectivity index (χ1n) is 14.0. The van der Waals surface area contributed by atoms with E-state index in [1.54, 1.807) is 22.2 Å². The first kappa shape index (κ1) is 27.4. The summed E-state index contributed by atoms with van der Waals surface area (Å²) in [5.74, 6) is 0. The van der Waals surface area contributed by atoms with Crippen LogP contribution in [0.15, 0.2) is 78.4 Å². The van der Waals surface area contributed by atoms with E-state index in [2.05, 4.69) is 89.5 Å². The Balaban J connectivity index is 1.54. The molecule has 4 rings (SSSR count). The Labute approximate surface area is 226 Å². The molecule has 0 unspecified atom stereocenters. The number of hydrazone groups is 1. The van der Waals surface area contributed by atoms with Crippen LogP contribution in [0.25, 0.3) is 16.9 Å². The Hall–Kier alpha value is -2.67. The van der Waals surface area contributed by atoms with Gasteiger partial charge in [-0.1, -0.05) is 0 Å². The number of rotatable bonds is 14. The second kappa shape index (κ2) is 13.8. The summed E-state index contributed by atoms with van der Waals surface area (Å²) in [5.41, 5.74) is 8.22. The van der Waals surface area contributed by atoms with Crippen LogP contribution in [0.5, 0.6) is 0 Å². The fourth-order valence-corrected chi connectivity index (χ4v) is 21.0. The molecule has 3 heterocycles. The summed E-state index contributed by atoms with van der Waals surface area (Å²) in [6, 6.07) is 16.9. The predicted molar refractivity (Wildman–Crippen MR) is 161 cm³/mol. The number of unbranched alkanes of at least 4 members (excludes halogenated alkanes) is 3. The van der Waals surface area contributed by atoms with E-state index in [1.807, 2.05) is 12.1 Å². The SMILES string of the molecule is CCC[CH2][Sn]([CH2]CCC)([CH2]CCC)[c]1ccc2nc(-c3ccc(NN=Cc4ccncc4)cc3)cn2c1. The van der Waals surface area contributed by atoms with E-state index in [1.165, 1.54) is 51.8 Å². The molecule has 0 saturated heterocycles. The van der Waals surface area contributed by atoms with E-state index < -0.39 is 18.4 Å². The number of anilines is 1. The first-order chi connectivity index (χ1) is 18.2. The monoisotopic (exact) mass is 603 g/mol. The van der Waals surface area contributed by atoms with Crippen LogP contribution in [0.4, 0.5) is 5.69 Å². The molecule has 194 valence electrons. The second-order valence-electron chi connectivity index (χ2n) is 10.1. The number of imidazole rings is 1. The van der Waals surface area contributed by atoms with Crippen molar-refractivity contribution in [2.45, 2.75) is 72.6 Å². The van der Waals surface area contributed by atoms with Crippen LogP contribution in [0.1, 0.15) is 64.9 Å². The Morgan fingerprint density at radius 1 is 0.811 bits per heavy atom. The predicted octanol–water partition coefficient (Wildman–Crippen LogP) is 7.90. The third kappa shape index (κ3) is 7.22. The number of hydrogen-bond donors (Lipinski definition) is 1. The fourth-order valence-electron chi connectivity index (χ4n) is 5.14. The van der Waals surface area contributed by atoms with Gasteiger partial charge in [-0.05, 0) is 17.7 Å². The van der Waals surface area contributed by atoms with Gasteiger partial charge in [0.1, 0.15) is 0 Å². The topological polar surface area (TPSA) is 54.6 Å². The molecule has 0 amide bonds. The molecule has 0 saturated carbocycles. The number of benzene rings is 1. The second-order valence-corrected chi connectivity index (χ2v) is 23.4. The summed E-state index contributed by atoms with van der Waals surface area (Å²) in [4.78, 5) is 8.99. The summed E-state index contributed by atoms with van der Waals surface area (Å²) in [5, 5.41) is 4.33. The first-order valence-corrected chi connectivity index (χ1v) is 21.4. The van der Waals surface area contributed by atoms with Gasteiger partial charge in [-0.2, -0.15) is 0 Å². The van der Waals surface area contributed by atoms with Crippen LogP contribution in [-0.4, -0.2) is 39.0 Å². The van der Waals surface area contributed by atoms with Crippen LogP contribution in [0, 0.1) is 0 Å². The molecule has 3 aromatic heterocycles. The zero-order chi connectivity index (χ0) is 25.9. The van der Waals surface area contributed by atoms with E-state index in [4.69, 9.17) is 4.98 Å². The van der Waals surface area contributed by atoms with E-state index in [0.717, 1.165) is 28.2 Å². The maximum atomic E-state index is 4.95. The Kier molecular flexibility index (Phi) is 10.2. The summed E-state index contributed by atoms with van der Waals surface area (Å²) in [6.45, 7) is 7.03. The van der Waals surface area contributed by atoms with Gasteiger partial charge in [0.25, 0.3) is 0 Å². The van der Waals surface area contributed by atoms with Crippen molar-refractivity contribution in [1.82, 2.24) is 14.4 Å². The Morgan fingerprint density at radius 2 is 1.46 bits per heavy atom. The van der Waals surface area contributed by atoms with Crippen molar-refractivity contribution in [3.8, 4) is 11.3 Å². The zero-order valence-electron chi connectivity index (χ0n) is 22.7. The third-order valence-corrected chi connectivity index (χ3v) is 22.9. The summed E-state index contributed by atoms with van der Waals surface area (Å²) >= 11 is -2.47. The van der Waals surface area contributed by atoms with Crippen LogP contribution in [0.2, 0.25) is 13.3 Å². The number of aromatic nitrogens is 3. The van der Waals surface area contributed by atoms with Crippen molar-refractivity contribution < 1.29 is 0 Å². The number of pyridine rings is 2. The molecule has 37 heavy (non-hydrogen) atoms. The summed E-state index contributed by atoms with van der Waals surface area (Å²) in [7, 11) is 0. The van der Waals surface area contributed by atoms with Crippen LogP contribution in [-0.2, 0) is 0 Å². The van der Waals surface area contributed by atoms with Gasteiger partial charge in [0.05, 0.1) is 0 Å². The van der Waals surface area contributed by atoms with E-state index in [-0.39, 0.29) is 0 Å². The van der Waals surface area contributed by atoms with Crippen molar-refractivity contribution in [3.63, 3.8) is 0 Å². The number of hydrogen-bond acceptors (Lipinski definition) is 4. The molecule has 1 N–H and O–H groups in total. The van der Waals surface area contributed by atoms with Gasteiger partial charge in [-0.3, -0.25) is 4.98 Å². The molecule has 0 aliphatic heterocycles. The fraction of sp³-hybridized carbons (Fsp3) is 0.387. The van der Waals surface area contributed by atoms with Crippen LogP contribution < -0.4 is 9.01 Å². The van der Waals surface area contributed by atoms with Gasteiger partial charge < -0.3 is 0 Å². The van der Waals surface area contributed by atoms with Crippen molar-refractivity contribution >= 4 is 39.5 Å². The van der Waals surface area contributed by atoms with Crippen molar-refractivity contribution in [2.75, 3.05) is 5.43 Å². The molecule has 4 aromatic rings. The molecule has 0 aliphatic rings. The number of fused-ring (bicyclic) bond motifs is 1. The average Bonchev–Trinajstić information content (AvgIpc) is 3.37. The van der Waals surface area contributed by atoms with Gasteiger partial charge in [0.15, 0.2) is 0 Å². The Morgan fingerprint density at radius 3 is 2.08 bits per heavy atom. The molecule has 6 heteroatoms. The van der Waals surface area contributed by atoms with Gasteiger partial charge in [0.2, 0.25) is 0 Å². The van der Waals surface area contributed by atoms with Crippen molar-refractivity contribution in [3.05, 3.63) is 78.9 Å². The van der Waals surface area contributed by atoms with Crippen molar-refractivity contribution in [2.24, 2.45) is 5.10 Å². The van der Waals surface area contributed by atoms with Crippen LogP contribution >= 0.6 is 0 Å². The van der Waals surface area contributed by atoms with Gasteiger partial charge in [-0.25, -0.2) is 0 Å². The Bertz CT molecular complexity index is 1240. The molecule has 0 atom stereocenters. The zero-order valence-corrected chi connectivity index (χ0v) is 25.5. The molecular formula is C31H41N5Sn. The molecule has 1 aromatic carbocycles. The average molecular weight is 602 g/mol. The molecule has 0 radical (unpaired) electrons. The van der Waals surface area contributed by atoms with Crippen molar-refractivity contribution in [1.29, 1.82) is 0 Å². The number of nitrogens with zero attached hydrogens (tertiary/aromatic N) is 4. The molecule has 0 spiro atoms. The molecule has 0 bridgehead atoms.